The van der Waals surface area contributed by atoms with Crippen LogP contribution in [0.25, 0.3) is 0 Å². The zero-order chi connectivity index (χ0) is 13.9. The standard InChI is InChI=1S/C14H14BrClN2O/c1-14(9-19,10-3-2-6-17-8-10)18-11-4-5-13(16)12(15)7-11/h2-8,18-19H,9H2,1H3. The molecule has 1 unspecified atom stereocenters. The quantitative estimate of drug-likeness (QED) is 0.888. The lowest BCUT2D eigenvalue weighted by molar-refractivity contribution is 0.224. The van der Waals surface area contributed by atoms with Crippen molar-refractivity contribution in [3.05, 3.63) is 57.8 Å². The molecule has 0 aliphatic heterocycles. The number of hydrogen-bond donors (Lipinski definition) is 2. The van der Waals surface area contributed by atoms with Gasteiger partial charge in [-0.15, -0.1) is 0 Å². The third-order valence-corrected chi connectivity index (χ3v) is 4.17. The minimum absolute atomic E-state index is 0.0427. The summed E-state index contributed by atoms with van der Waals surface area (Å²) < 4.78 is 0.811. The Labute approximate surface area is 125 Å². The molecule has 0 saturated heterocycles. The van der Waals surface area contributed by atoms with Crippen LogP contribution in [0.3, 0.4) is 0 Å². The van der Waals surface area contributed by atoms with Gasteiger partial charge in [0.2, 0.25) is 0 Å². The maximum Gasteiger partial charge on any atom is 0.0843 e. The van der Waals surface area contributed by atoms with Crippen molar-refractivity contribution in [1.82, 2.24) is 4.98 Å². The molecule has 0 bridgehead atoms. The van der Waals surface area contributed by atoms with Crippen LogP contribution in [-0.4, -0.2) is 16.7 Å². The van der Waals surface area contributed by atoms with E-state index in [4.69, 9.17) is 11.6 Å². The highest BCUT2D eigenvalue weighted by molar-refractivity contribution is 9.10. The fourth-order valence-electron chi connectivity index (χ4n) is 1.78. The summed E-state index contributed by atoms with van der Waals surface area (Å²) >= 11 is 9.35. The SMILES string of the molecule is CC(CO)(Nc1ccc(Cl)c(Br)c1)c1cccnc1. The number of aliphatic hydroxyl groups is 1. The molecule has 1 heterocycles. The van der Waals surface area contributed by atoms with Crippen molar-refractivity contribution in [2.24, 2.45) is 0 Å². The van der Waals surface area contributed by atoms with Gasteiger partial charge in [-0.1, -0.05) is 17.7 Å². The number of aliphatic hydroxyl groups excluding tert-OH is 1. The van der Waals surface area contributed by atoms with E-state index in [-0.39, 0.29) is 6.61 Å². The Balaban J connectivity index is 2.30. The fraction of sp³-hybridized carbons (Fsp3) is 0.214. The van der Waals surface area contributed by atoms with Crippen LogP contribution in [0.15, 0.2) is 47.2 Å². The average molecular weight is 342 g/mol. The predicted molar refractivity (Wildman–Crippen MR) is 81.4 cm³/mol. The predicted octanol–water partition coefficient (Wildman–Crippen LogP) is 3.82. The van der Waals surface area contributed by atoms with Gasteiger partial charge in [-0.3, -0.25) is 4.98 Å². The van der Waals surface area contributed by atoms with Crippen LogP contribution in [0.1, 0.15) is 12.5 Å². The Hall–Kier alpha value is -1.10. The fourth-order valence-corrected chi connectivity index (χ4v) is 2.28. The lowest BCUT2D eigenvalue weighted by Gasteiger charge is -2.30. The van der Waals surface area contributed by atoms with Gasteiger partial charge in [0.15, 0.2) is 0 Å². The second kappa shape index (κ2) is 5.90. The third-order valence-electron chi connectivity index (χ3n) is 2.95. The van der Waals surface area contributed by atoms with E-state index in [0.29, 0.717) is 5.02 Å². The molecular weight excluding hydrogens is 328 g/mol. The minimum Gasteiger partial charge on any atom is -0.394 e. The van der Waals surface area contributed by atoms with Crippen molar-refractivity contribution >= 4 is 33.2 Å². The van der Waals surface area contributed by atoms with Crippen LogP contribution in [0.4, 0.5) is 5.69 Å². The van der Waals surface area contributed by atoms with E-state index in [2.05, 4.69) is 26.2 Å². The van der Waals surface area contributed by atoms with E-state index in [9.17, 15) is 5.11 Å². The van der Waals surface area contributed by atoms with Crippen molar-refractivity contribution in [2.75, 3.05) is 11.9 Å². The van der Waals surface area contributed by atoms with Gasteiger partial charge >= 0.3 is 0 Å². The van der Waals surface area contributed by atoms with Crippen molar-refractivity contribution in [2.45, 2.75) is 12.5 Å². The summed E-state index contributed by atoms with van der Waals surface area (Å²) in [6.07, 6.45) is 3.45. The van der Waals surface area contributed by atoms with E-state index in [1.165, 1.54) is 0 Å². The van der Waals surface area contributed by atoms with Gasteiger partial charge in [0, 0.05) is 22.6 Å². The van der Waals surface area contributed by atoms with Crippen LogP contribution in [-0.2, 0) is 5.54 Å². The van der Waals surface area contributed by atoms with E-state index in [1.54, 1.807) is 18.5 Å². The van der Waals surface area contributed by atoms with Gasteiger partial charge < -0.3 is 10.4 Å². The smallest absolute Gasteiger partial charge is 0.0843 e. The second-order valence-corrected chi connectivity index (χ2v) is 5.75. The Morgan fingerprint density at radius 3 is 2.79 bits per heavy atom. The lowest BCUT2D eigenvalue weighted by Crippen LogP contribution is -2.35. The number of nitrogens with one attached hydrogen (secondary N) is 1. The molecule has 5 heteroatoms. The molecule has 2 N–H and O–H groups in total. The highest BCUT2D eigenvalue weighted by atomic mass is 79.9. The Kier molecular flexibility index (Phi) is 4.45. The minimum atomic E-state index is -0.596. The number of aromatic nitrogens is 1. The van der Waals surface area contributed by atoms with Gasteiger partial charge in [-0.05, 0) is 52.7 Å². The Morgan fingerprint density at radius 2 is 2.21 bits per heavy atom. The molecular formula is C14H14BrClN2O. The van der Waals surface area contributed by atoms with E-state index in [1.807, 2.05) is 31.2 Å². The molecule has 0 spiro atoms. The number of halogens is 2. The Bertz CT molecular complexity index is 565. The van der Waals surface area contributed by atoms with Gasteiger partial charge in [-0.2, -0.15) is 0 Å². The lowest BCUT2D eigenvalue weighted by atomic mass is 9.94. The third kappa shape index (κ3) is 3.26. The molecule has 0 aliphatic carbocycles. The first-order valence-corrected chi connectivity index (χ1v) is 6.97. The molecule has 3 nitrogen and oxygen atoms in total. The van der Waals surface area contributed by atoms with Crippen molar-refractivity contribution < 1.29 is 5.11 Å². The maximum absolute atomic E-state index is 9.70. The van der Waals surface area contributed by atoms with Gasteiger partial charge in [0.25, 0.3) is 0 Å². The Morgan fingerprint density at radius 1 is 1.42 bits per heavy atom. The zero-order valence-electron chi connectivity index (χ0n) is 10.4. The number of anilines is 1. The monoisotopic (exact) mass is 340 g/mol. The van der Waals surface area contributed by atoms with Gasteiger partial charge in [-0.25, -0.2) is 0 Å². The first-order valence-electron chi connectivity index (χ1n) is 5.80. The summed E-state index contributed by atoms with van der Waals surface area (Å²) in [6.45, 7) is 1.88. The first kappa shape index (κ1) is 14.3. The van der Waals surface area contributed by atoms with Crippen LogP contribution in [0.5, 0.6) is 0 Å². The van der Waals surface area contributed by atoms with Crippen LogP contribution < -0.4 is 5.32 Å². The zero-order valence-corrected chi connectivity index (χ0v) is 12.7. The molecule has 19 heavy (non-hydrogen) atoms. The van der Waals surface area contributed by atoms with E-state index >= 15 is 0 Å². The molecule has 1 aromatic heterocycles. The molecule has 100 valence electrons. The number of rotatable bonds is 4. The number of hydrogen-bond acceptors (Lipinski definition) is 3. The highest BCUT2D eigenvalue weighted by Gasteiger charge is 2.25. The molecule has 2 aromatic rings. The second-order valence-electron chi connectivity index (χ2n) is 4.49. The number of pyridine rings is 1. The van der Waals surface area contributed by atoms with E-state index < -0.39 is 5.54 Å². The summed E-state index contributed by atoms with van der Waals surface area (Å²) in [5, 5.41) is 13.7. The summed E-state index contributed by atoms with van der Waals surface area (Å²) in [5.74, 6) is 0. The molecule has 0 aliphatic rings. The first-order chi connectivity index (χ1) is 9.05. The number of benzene rings is 1. The van der Waals surface area contributed by atoms with Crippen molar-refractivity contribution in [3.63, 3.8) is 0 Å². The molecule has 2 rings (SSSR count). The normalized spacial score (nSPS) is 13.9. The molecule has 1 atom stereocenters. The average Bonchev–Trinajstić information content (AvgIpc) is 2.44. The summed E-state index contributed by atoms with van der Waals surface area (Å²) in [6, 6.07) is 9.34. The number of nitrogens with zero attached hydrogens (tertiary/aromatic N) is 1. The van der Waals surface area contributed by atoms with Crippen molar-refractivity contribution in [1.29, 1.82) is 0 Å². The molecule has 0 radical (unpaired) electrons. The summed E-state index contributed by atoms with van der Waals surface area (Å²) in [7, 11) is 0. The maximum atomic E-state index is 9.70. The van der Waals surface area contributed by atoms with Gasteiger partial charge in [0.1, 0.15) is 0 Å². The molecule has 0 saturated carbocycles. The molecule has 0 amide bonds. The summed E-state index contributed by atoms with van der Waals surface area (Å²) in [5.41, 5.74) is 1.20. The van der Waals surface area contributed by atoms with Gasteiger partial charge in [0.05, 0.1) is 17.2 Å². The van der Waals surface area contributed by atoms with Crippen molar-refractivity contribution in [3.8, 4) is 0 Å². The molecule has 1 aromatic carbocycles. The van der Waals surface area contributed by atoms with Crippen LogP contribution in [0, 0.1) is 0 Å². The van der Waals surface area contributed by atoms with Crippen LogP contribution >= 0.6 is 27.5 Å². The largest absolute Gasteiger partial charge is 0.394 e. The van der Waals surface area contributed by atoms with E-state index in [0.717, 1.165) is 15.7 Å². The summed E-state index contributed by atoms with van der Waals surface area (Å²) in [4.78, 5) is 4.09. The molecule has 0 fully saturated rings. The van der Waals surface area contributed by atoms with Crippen LogP contribution in [0.2, 0.25) is 5.02 Å². The topological polar surface area (TPSA) is 45.1 Å². The highest BCUT2D eigenvalue weighted by Crippen LogP contribution is 2.30.